The van der Waals surface area contributed by atoms with Gasteiger partial charge in [0.2, 0.25) is 0 Å². The maximum Gasteiger partial charge on any atom is 0.0366 e. The Bertz CT molecular complexity index is 416. The van der Waals surface area contributed by atoms with Crippen molar-refractivity contribution in [1.82, 2.24) is 5.32 Å². The molecule has 2 nitrogen and oxygen atoms in total. The second-order valence-corrected chi connectivity index (χ2v) is 5.52. The van der Waals surface area contributed by atoms with Gasteiger partial charge in [0.15, 0.2) is 0 Å². The van der Waals surface area contributed by atoms with Crippen molar-refractivity contribution in [2.24, 2.45) is 0 Å². The van der Waals surface area contributed by atoms with Crippen molar-refractivity contribution in [3.63, 3.8) is 0 Å². The van der Waals surface area contributed by atoms with E-state index in [2.05, 4.69) is 54.4 Å². The van der Waals surface area contributed by atoms with Crippen molar-refractivity contribution in [1.29, 1.82) is 0 Å². The molecule has 0 bridgehead atoms. The highest BCUT2D eigenvalue weighted by Gasteiger charge is 2.04. The molecule has 0 spiro atoms. The molecule has 1 aromatic carbocycles. The van der Waals surface area contributed by atoms with Gasteiger partial charge in [-0.05, 0) is 63.8 Å². The van der Waals surface area contributed by atoms with Crippen LogP contribution in [-0.2, 0) is 6.54 Å². The van der Waals surface area contributed by atoms with Gasteiger partial charge in [-0.1, -0.05) is 23.8 Å². The molecule has 0 heterocycles. The fraction of sp³-hybridized carbons (Fsp3) is 0.556. The molecular formula is C18H28N2. The summed E-state index contributed by atoms with van der Waals surface area (Å²) in [7, 11) is 0. The number of allylic oxidation sites excluding steroid dienone is 1. The highest BCUT2D eigenvalue weighted by molar-refractivity contribution is 5.47. The number of rotatable bonds is 8. The minimum atomic E-state index is 0.978. The third-order valence-electron chi connectivity index (χ3n) is 4.15. The van der Waals surface area contributed by atoms with E-state index in [1.54, 1.807) is 5.57 Å². The molecule has 0 amide bonds. The largest absolute Gasteiger partial charge is 0.372 e. The highest BCUT2D eigenvalue weighted by Crippen LogP contribution is 2.20. The van der Waals surface area contributed by atoms with Gasteiger partial charge in [0.05, 0.1) is 0 Å². The van der Waals surface area contributed by atoms with Gasteiger partial charge in [0, 0.05) is 25.3 Å². The van der Waals surface area contributed by atoms with Crippen LogP contribution in [0.1, 0.15) is 45.1 Å². The van der Waals surface area contributed by atoms with Gasteiger partial charge in [-0.25, -0.2) is 0 Å². The summed E-state index contributed by atoms with van der Waals surface area (Å²) in [5, 5.41) is 3.55. The second kappa shape index (κ2) is 8.11. The lowest BCUT2D eigenvalue weighted by Crippen LogP contribution is -2.21. The van der Waals surface area contributed by atoms with E-state index in [0.717, 1.165) is 26.2 Å². The highest BCUT2D eigenvalue weighted by atomic mass is 15.1. The van der Waals surface area contributed by atoms with Crippen LogP contribution in [0.4, 0.5) is 5.69 Å². The van der Waals surface area contributed by atoms with E-state index in [-0.39, 0.29) is 0 Å². The zero-order valence-electron chi connectivity index (χ0n) is 13.0. The monoisotopic (exact) mass is 272 g/mol. The van der Waals surface area contributed by atoms with Crippen molar-refractivity contribution in [3.8, 4) is 0 Å². The second-order valence-electron chi connectivity index (χ2n) is 5.52. The first kappa shape index (κ1) is 15.1. The van der Waals surface area contributed by atoms with E-state index in [4.69, 9.17) is 0 Å². The first-order valence-corrected chi connectivity index (χ1v) is 8.06. The first-order valence-electron chi connectivity index (χ1n) is 8.06. The predicted octanol–water partition coefficient (Wildman–Crippen LogP) is 4.12. The summed E-state index contributed by atoms with van der Waals surface area (Å²) in [4.78, 5) is 2.38. The van der Waals surface area contributed by atoms with Crippen molar-refractivity contribution < 1.29 is 0 Å². The Hall–Kier alpha value is -1.28. The maximum absolute atomic E-state index is 3.55. The Morgan fingerprint density at radius 2 is 1.85 bits per heavy atom. The van der Waals surface area contributed by atoms with Crippen LogP contribution in [0.25, 0.3) is 0 Å². The van der Waals surface area contributed by atoms with Gasteiger partial charge in [-0.15, -0.1) is 0 Å². The Morgan fingerprint density at radius 1 is 1.10 bits per heavy atom. The van der Waals surface area contributed by atoms with Crippen LogP contribution in [-0.4, -0.2) is 19.6 Å². The van der Waals surface area contributed by atoms with E-state index >= 15 is 0 Å². The molecule has 0 aromatic heterocycles. The lowest BCUT2D eigenvalue weighted by Gasteiger charge is -2.21. The minimum absolute atomic E-state index is 0.978. The summed E-state index contributed by atoms with van der Waals surface area (Å²) in [6.07, 6.45) is 7.61. The average Bonchev–Trinajstić information content (AvgIpc) is 3.00. The predicted molar refractivity (Wildman–Crippen MR) is 88.3 cm³/mol. The van der Waals surface area contributed by atoms with Gasteiger partial charge in [0.25, 0.3) is 0 Å². The summed E-state index contributed by atoms with van der Waals surface area (Å²) >= 11 is 0. The molecule has 1 aliphatic carbocycles. The number of nitrogens with one attached hydrogen (secondary N) is 1. The molecule has 0 atom stereocenters. The summed E-state index contributed by atoms with van der Waals surface area (Å²) in [6, 6.07) is 8.97. The molecule has 1 N–H and O–H groups in total. The number of anilines is 1. The number of nitrogens with zero attached hydrogens (tertiary/aromatic N) is 1. The van der Waals surface area contributed by atoms with Crippen molar-refractivity contribution in [2.45, 2.75) is 46.1 Å². The van der Waals surface area contributed by atoms with Crippen molar-refractivity contribution in [3.05, 3.63) is 41.5 Å². The van der Waals surface area contributed by atoms with Crippen LogP contribution >= 0.6 is 0 Å². The van der Waals surface area contributed by atoms with Gasteiger partial charge < -0.3 is 10.2 Å². The van der Waals surface area contributed by atoms with Gasteiger partial charge in [-0.3, -0.25) is 0 Å². The maximum atomic E-state index is 3.55. The SMILES string of the molecule is CCN(CC)c1ccc(CNCCC2=CCCC2)cc1. The van der Waals surface area contributed by atoms with Crippen molar-refractivity contribution >= 4 is 5.69 Å². The Balaban J connectivity index is 1.73. The van der Waals surface area contributed by atoms with E-state index in [0.29, 0.717) is 0 Å². The third kappa shape index (κ3) is 4.38. The van der Waals surface area contributed by atoms with Crippen LogP contribution in [0.15, 0.2) is 35.9 Å². The fourth-order valence-corrected chi connectivity index (χ4v) is 2.86. The minimum Gasteiger partial charge on any atom is -0.372 e. The Labute approximate surface area is 123 Å². The number of hydrogen-bond donors (Lipinski definition) is 1. The van der Waals surface area contributed by atoms with Crippen LogP contribution in [0.3, 0.4) is 0 Å². The normalized spacial score (nSPS) is 14.4. The molecule has 20 heavy (non-hydrogen) atoms. The summed E-state index contributed by atoms with van der Waals surface area (Å²) in [5.41, 5.74) is 4.35. The molecule has 0 saturated heterocycles. The molecule has 0 saturated carbocycles. The molecule has 110 valence electrons. The summed E-state index contributed by atoms with van der Waals surface area (Å²) in [6.45, 7) is 8.63. The first-order chi connectivity index (χ1) is 9.83. The zero-order chi connectivity index (χ0) is 14.2. The average molecular weight is 272 g/mol. The molecule has 1 aliphatic rings. The number of benzene rings is 1. The van der Waals surface area contributed by atoms with Crippen LogP contribution in [0.2, 0.25) is 0 Å². The standard InChI is InChI=1S/C18H28N2/c1-3-20(4-2)18-11-9-17(10-12-18)15-19-14-13-16-7-5-6-8-16/h7,9-12,19H,3-6,8,13-15H2,1-2H3. The Morgan fingerprint density at radius 3 is 2.45 bits per heavy atom. The summed E-state index contributed by atoms with van der Waals surface area (Å²) in [5.74, 6) is 0. The third-order valence-corrected chi connectivity index (χ3v) is 4.15. The lowest BCUT2D eigenvalue weighted by molar-refractivity contribution is 0.676. The lowest BCUT2D eigenvalue weighted by atomic mass is 10.1. The van der Waals surface area contributed by atoms with E-state index < -0.39 is 0 Å². The molecule has 0 fully saturated rings. The quantitative estimate of drug-likeness (QED) is 0.565. The molecule has 2 rings (SSSR count). The number of hydrogen-bond acceptors (Lipinski definition) is 2. The molecule has 0 unspecified atom stereocenters. The van der Waals surface area contributed by atoms with E-state index in [9.17, 15) is 0 Å². The molecule has 0 radical (unpaired) electrons. The van der Waals surface area contributed by atoms with Gasteiger partial charge in [-0.2, -0.15) is 0 Å². The van der Waals surface area contributed by atoms with Crippen LogP contribution < -0.4 is 10.2 Å². The van der Waals surface area contributed by atoms with Crippen LogP contribution in [0.5, 0.6) is 0 Å². The van der Waals surface area contributed by atoms with Gasteiger partial charge in [0.1, 0.15) is 0 Å². The molecular weight excluding hydrogens is 244 g/mol. The zero-order valence-corrected chi connectivity index (χ0v) is 13.0. The molecule has 1 aromatic rings. The van der Waals surface area contributed by atoms with Crippen LogP contribution in [0, 0.1) is 0 Å². The van der Waals surface area contributed by atoms with Crippen molar-refractivity contribution in [2.75, 3.05) is 24.5 Å². The Kier molecular flexibility index (Phi) is 6.13. The smallest absolute Gasteiger partial charge is 0.0366 e. The molecule has 0 aliphatic heterocycles. The van der Waals surface area contributed by atoms with Gasteiger partial charge >= 0.3 is 0 Å². The van der Waals surface area contributed by atoms with E-state index in [1.807, 2.05) is 0 Å². The van der Waals surface area contributed by atoms with E-state index in [1.165, 1.54) is 36.9 Å². The fourth-order valence-electron chi connectivity index (χ4n) is 2.86. The molecule has 2 heteroatoms. The topological polar surface area (TPSA) is 15.3 Å². The summed E-state index contributed by atoms with van der Waals surface area (Å²) < 4.78 is 0.